The van der Waals surface area contributed by atoms with Gasteiger partial charge in [-0.1, -0.05) is 72.7 Å². The minimum atomic E-state index is -1.02. The fourth-order valence-corrected chi connectivity index (χ4v) is 5.13. The molecule has 2 rings (SSSR count). The number of hydrogen-bond acceptors (Lipinski definition) is 4. The molecule has 0 spiro atoms. The van der Waals surface area contributed by atoms with Crippen molar-refractivity contribution in [2.45, 2.75) is 78.9 Å². The highest BCUT2D eigenvalue weighted by Crippen LogP contribution is 2.35. The van der Waals surface area contributed by atoms with Gasteiger partial charge in [-0.25, -0.2) is 4.79 Å². The largest absolute Gasteiger partial charge is 0.478 e. The van der Waals surface area contributed by atoms with E-state index in [9.17, 15) is 19.5 Å². The molecule has 0 aliphatic rings. The number of carboxylic acid groups (broad SMARTS) is 1. The monoisotopic (exact) mass is 526 g/mol. The average molecular weight is 527 g/mol. The van der Waals surface area contributed by atoms with Gasteiger partial charge in [0.25, 0.3) is 0 Å². The molecule has 8 nitrogen and oxygen atoms in total. The van der Waals surface area contributed by atoms with Gasteiger partial charge in [0.15, 0.2) is 0 Å². The number of benzene rings is 1. The van der Waals surface area contributed by atoms with E-state index >= 15 is 0 Å². The lowest BCUT2D eigenvalue weighted by molar-refractivity contribution is -0.141. The van der Waals surface area contributed by atoms with E-state index in [4.69, 9.17) is 0 Å². The Labute approximate surface area is 227 Å². The zero-order valence-electron chi connectivity index (χ0n) is 24.8. The van der Waals surface area contributed by atoms with Crippen molar-refractivity contribution >= 4 is 28.7 Å². The van der Waals surface area contributed by atoms with Gasteiger partial charge in [-0.3, -0.25) is 9.59 Å². The second kappa shape index (κ2) is 11.7. The number of carboxylic acids is 1. The Morgan fingerprint density at radius 1 is 1.05 bits per heavy atom. The number of para-hydroxylation sites is 1. The van der Waals surface area contributed by atoms with Crippen molar-refractivity contribution in [3.05, 3.63) is 47.7 Å². The van der Waals surface area contributed by atoms with Crippen LogP contribution in [0.15, 0.2) is 42.1 Å². The Balaban J connectivity index is 2.43. The zero-order valence-corrected chi connectivity index (χ0v) is 24.8. The van der Waals surface area contributed by atoms with Crippen molar-refractivity contribution in [3.63, 3.8) is 0 Å². The Bertz CT molecular complexity index is 1200. The quantitative estimate of drug-likeness (QED) is 0.405. The number of hydrogen-bond donors (Lipinski definition) is 3. The minimum absolute atomic E-state index is 0.0232. The van der Waals surface area contributed by atoms with Crippen molar-refractivity contribution in [2.75, 3.05) is 14.1 Å². The molecule has 210 valence electrons. The molecule has 1 heterocycles. The summed E-state index contributed by atoms with van der Waals surface area (Å²) in [5.74, 6) is -1.59. The number of fused-ring (bicyclic) bond motifs is 1. The molecule has 0 saturated heterocycles. The third-order valence-corrected chi connectivity index (χ3v) is 7.50. The summed E-state index contributed by atoms with van der Waals surface area (Å²) < 4.78 is 2.06. The number of nitrogens with zero attached hydrogens (tertiary/aromatic N) is 2. The zero-order chi connectivity index (χ0) is 29.2. The molecule has 0 aliphatic heterocycles. The normalized spacial score (nSPS) is 15.3. The van der Waals surface area contributed by atoms with Gasteiger partial charge in [-0.15, -0.1) is 0 Å². The molecule has 0 fully saturated rings. The Kier molecular flexibility index (Phi) is 9.59. The number of aliphatic carboxylic acids is 1. The number of nitrogens with one attached hydrogen (secondary N) is 2. The van der Waals surface area contributed by atoms with Gasteiger partial charge in [0.05, 0.1) is 12.1 Å². The predicted molar refractivity (Wildman–Crippen MR) is 153 cm³/mol. The average Bonchev–Trinajstić information content (AvgIpc) is 3.16. The van der Waals surface area contributed by atoms with Gasteiger partial charge in [0, 0.05) is 42.2 Å². The summed E-state index contributed by atoms with van der Waals surface area (Å²) >= 11 is 0. The third-order valence-electron chi connectivity index (χ3n) is 7.50. The Morgan fingerprint density at radius 3 is 2.13 bits per heavy atom. The van der Waals surface area contributed by atoms with Crippen molar-refractivity contribution < 1.29 is 19.5 Å². The number of amides is 2. The second-order valence-electron chi connectivity index (χ2n) is 12.3. The fraction of sp³-hybridized carbons (Fsp3) is 0.567. The molecular weight excluding hydrogens is 480 g/mol. The molecule has 2 amide bonds. The molecule has 0 saturated carbocycles. The second-order valence-corrected chi connectivity index (χ2v) is 12.3. The maximum Gasteiger partial charge on any atom is 0.331 e. The molecule has 38 heavy (non-hydrogen) atoms. The maximum atomic E-state index is 13.9. The first-order valence-electron chi connectivity index (χ1n) is 13.2. The van der Waals surface area contributed by atoms with Crippen LogP contribution < -0.4 is 10.6 Å². The summed E-state index contributed by atoms with van der Waals surface area (Å²) in [4.78, 5) is 40.7. The lowest BCUT2D eigenvalue weighted by Gasteiger charge is -2.39. The van der Waals surface area contributed by atoms with Crippen LogP contribution in [0.1, 0.15) is 61.0 Å². The van der Waals surface area contributed by atoms with Gasteiger partial charge < -0.3 is 25.2 Å². The van der Waals surface area contributed by atoms with Gasteiger partial charge in [0.2, 0.25) is 11.8 Å². The van der Waals surface area contributed by atoms with Crippen LogP contribution in [0.4, 0.5) is 0 Å². The number of rotatable bonds is 10. The fourth-order valence-electron chi connectivity index (χ4n) is 5.13. The first-order valence-corrected chi connectivity index (χ1v) is 13.2. The lowest BCUT2D eigenvalue weighted by Crippen LogP contribution is -2.61. The van der Waals surface area contributed by atoms with Crippen LogP contribution in [-0.2, 0) is 26.8 Å². The molecule has 2 aromatic rings. The first-order chi connectivity index (χ1) is 17.4. The summed E-state index contributed by atoms with van der Waals surface area (Å²) in [6, 6.07) is 6.23. The highest BCUT2D eigenvalue weighted by Gasteiger charge is 2.42. The molecular formula is C30H46N4O4. The third kappa shape index (κ3) is 6.46. The summed E-state index contributed by atoms with van der Waals surface area (Å²) in [5.41, 5.74) is 1.11. The topological polar surface area (TPSA) is 104 Å². The molecule has 1 unspecified atom stereocenters. The molecule has 1 aromatic carbocycles. The predicted octanol–water partition coefficient (Wildman–Crippen LogP) is 4.09. The van der Waals surface area contributed by atoms with Crippen molar-refractivity contribution in [3.8, 4) is 0 Å². The highest BCUT2D eigenvalue weighted by atomic mass is 16.4. The van der Waals surface area contributed by atoms with E-state index in [0.29, 0.717) is 0 Å². The van der Waals surface area contributed by atoms with E-state index in [0.717, 1.165) is 16.5 Å². The molecule has 0 radical (unpaired) electrons. The van der Waals surface area contributed by atoms with Gasteiger partial charge >= 0.3 is 5.97 Å². The molecule has 8 heteroatoms. The van der Waals surface area contributed by atoms with Gasteiger partial charge in [0.1, 0.15) is 6.04 Å². The van der Waals surface area contributed by atoms with E-state index in [1.807, 2.05) is 67.6 Å². The summed E-state index contributed by atoms with van der Waals surface area (Å²) in [6.45, 7) is 15.2. The molecule has 1 aromatic heterocycles. The number of aromatic nitrogens is 1. The number of carbonyl (C=O) groups excluding carboxylic acids is 2. The maximum absolute atomic E-state index is 13.9. The van der Waals surface area contributed by atoms with E-state index < -0.39 is 34.9 Å². The molecule has 0 bridgehead atoms. The van der Waals surface area contributed by atoms with Crippen LogP contribution in [-0.4, -0.2) is 64.6 Å². The van der Waals surface area contributed by atoms with Crippen LogP contribution in [0.3, 0.4) is 0 Å². The molecule has 0 aliphatic carbocycles. The Morgan fingerprint density at radius 2 is 1.63 bits per heavy atom. The lowest BCUT2D eigenvalue weighted by atomic mass is 9.76. The van der Waals surface area contributed by atoms with Gasteiger partial charge in [-0.2, -0.15) is 0 Å². The van der Waals surface area contributed by atoms with Crippen LogP contribution in [0, 0.1) is 11.3 Å². The van der Waals surface area contributed by atoms with Crippen LogP contribution in [0.2, 0.25) is 0 Å². The number of carbonyl (C=O) groups is 3. The minimum Gasteiger partial charge on any atom is -0.478 e. The van der Waals surface area contributed by atoms with Crippen molar-refractivity contribution in [1.82, 2.24) is 20.1 Å². The Hall–Kier alpha value is -3.13. The van der Waals surface area contributed by atoms with Crippen LogP contribution >= 0.6 is 0 Å². The summed E-state index contributed by atoms with van der Waals surface area (Å²) in [7, 11) is 5.41. The first kappa shape index (κ1) is 31.1. The van der Waals surface area contributed by atoms with Crippen LogP contribution in [0.25, 0.3) is 10.9 Å². The SMILES string of the molecule is CNC(C(=O)N[C@H](C(=O)N(C)[C@H](C=C(C)C(=O)O)C(C)C)C(C)(C)C)C(C)(C)c1cn(C)c2ccccc12. The molecule has 3 atom stereocenters. The van der Waals surface area contributed by atoms with E-state index in [-0.39, 0.29) is 23.3 Å². The van der Waals surface area contributed by atoms with E-state index in [1.165, 1.54) is 6.92 Å². The molecule has 3 N–H and O–H groups in total. The summed E-state index contributed by atoms with van der Waals surface area (Å²) in [6.07, 6.45) is 3.67. The number of likely N-dealkylation sites (N-methyl/N-ethyl adjacent to an activating group) is 2. The van der Waals surface area contributed by atoms with E-state index in [1.54, 1.807) is 25.1 Å². The smallest absolute Gasteiger partial charge is 0.331 e. The highest BCUT2D eigenvalue weighted by molar-refractivity contribution is 5.93. The van der Waals surface area contributed by atoms with Crippen LogP contribution in [0.5, 0.6) is 0 Å². The number of aryl methyl sites for hydroxylation is 1. The van der Waals surface area contributed by atoms with Crippen molar-refractivity contribution in [1.29, 1.82) is 0 Å². The van der Waals surface area contributed by atoms with Crippen molar-refractivity contribution in [2.24, 2.45) is 18.4 Å². The van der Waals surface area contributed by atoms with Gasteiger partial charge in [-0.05, 0) is 36.9 Å². The summed E-state index contributed by atoms with van der Waals surface area (Å²) in [5, 5.41) is 16.7. The standard InChI is InChI=1S/C30H46N4O4/c1-18(2)23(16-19(3)28(37)38)34(11)27(36)25(29(4,5)6)32-26(35)24(31-9)30(7,8)21-17-33(10)22-15-13-12-14-20(21)22/h12-18,23-25,31H,1-11H3,(H,32,35)(H,37,38)/t23-,24?,25-/m1/s1. The van der Waals surface area contributed by atoms with E-state index in [2.05, 4.69) is 33.5 Å².